The predicted molar refractivity (Wildman–Crippen MR) is 73.4 cm³/mol. The third-order valence-corrected chi connectivity index (χ3v) is 3.38. The van der Waals surface area contributed by atoms with Gasteiger partial charge >= 0.3 is 0 Å². The van der Waals surface area contributed by atoms with Crippen LogP contribution in [0.4, 0.5) is 0 Å². The number of hydrogen-bond donors (Lipinski definition) is 1. The van der Waals surface area contributed by atoms with Crippen LogP contribution in [-0.4, -0.2) is 18.9 Å². The monoisotopic (exact) mass is 253 g/mol. The molecule has 1 aliphatic heterocycles. The summed E-state index contributed by atoms with van der Waals surface area (Å²) in [6.45, 7) is 0. The molecule has 0 unspecified atom stereocenters. The Morgan fingerprint density at radius 3 is 2.63 bits per heavy atom. The lowest BCUT2D eigenvalue weighted by atomic mass is 10.0. The molecule has 1 fully saturated rings. The smallest absolute Gasteiger partial charge is 0.181 e. The van der Waals surface area contributed by atoms with E-state index in [2.05, 4.69) is 5.32 Å². The first-order valence-corrected chi connectivity index (χ1v) is 6.29. The van der Waals surface area contributed by atoms with Gasteiger partial charge in [-0.2, -0.15) is 0 Å². The number of rotatable bonds is 4. The average molecular weight is 253 g/mol. The molecule has 3 heteroatoms. The van der Waals surface area contributed by atoms with E-state index in [1.807, 2.05) is 48.5 Å². The molecule has 0 aliphatic carbocycles. The van der Waals surface area contributed by atoms with Gasteiger partial charge in [0.25, 0.3) is 0 Å². The molecule has 3 nitrogen and oxygen atoms in total. The minimum Gasteiger partial charge on any atom is -0.497 e. The summed E-state index contributed by atoms with van der Waals surface area (Å²) in [5.74, 6) is 0.829. The summed E-state index contributed by atoms with van der Waals surface area (Å²) in [6, 6.07) is 17.3. The first-order valence-electron chi connectivity index (χ1n) is 6.29. The maximum atomic E-state index is 12.3. The molecular formula is C16H15NO2. The molecule has 0 amide bonds. The Bertz CT molecular complexity index is 595. The fourth-order valence-corrected chi connectivity index (χ4v) is 2.27. The van der Waals surface area contributed by atoms with Crippen molar-refractivity contribution in [2.24, 2.45) is 0 Å². The fraction of sp³-hybridized carbons (Fsp3) is 0.188. The summed E-state index contributed by atoms with van der Waals surface area (Å²) in [5.41, 5.74) is 1.85. The molecule has 0 spiro atoms. The maximum Gasteiger partial charge on any atom is 0.181 e. The predicted octanol–water partition coefficient (Wildman–Crippen LogP) is 2.59. The van der Waals surface area contributed by atoms with Crippen molar-refractivity contribution in [2.45, 2.75) is 12.1 Å². The summed E-state index contributed by atoms with van der Waals surface area (Å²) >= 11 is 0. The molecule has 96 valence electrons. The van der Waals surface area contributed by atoms with Gasteiger partial charge in [-0.15, -0.1) is 0 Å². The second-order valence-corrected chi connectivity index (χ2v) is 4.63. The van der Waals surface area contributed by atoms with Crippen molar-refractivity contribution in [1.29, 1.82) is 0 Å². The van der Waals surface area contributed by atoms with Crippen LogP contribution in [0.1, 0.15) is 22.0 Å². The quantitative estimate of drug-likeness (QED) is 0.673. The van der Waals surface area contributed by atoms with Crippen LogP contribution in [0.2, 0.25) is 0 Å². The maximum absolute atomic E-state index is 12.3. The molecule has 0 aromatic heterocycles. The van der Waals surface area contributed by atoms with E-state index in [9.17, 15) is 4.79 Å². The zero-order valence-corrected chi connectivity index (χ0v) is 10.7. The third kappa shape index (κ3) is 2.37. The van der Waals surface area contributed by atoms with Crippen molar-refractivity contribution in [3.05, 3.63) is 65.7 Å². The van der Waals surface area contributed by atoms with Crippen molar-refractivity contribution in [3.8, 4) is 5.75 Å². The van der Waals surface area contributed by atoms with Gasteiger partial charge < -0.3 is 4.74 Å². The SMILES string of the molecule is COc1cccc(C(=O)[C@H]2N[C@@H]2c2ccccc2)c1. The van der Waals surface area contributed by atoms with Gasteiger partial charge in [0.05, 0.1) is 19.2 Å². The van der Waals surface area contributed by atoms with Crippen LogP contribution in [0.5, 0.6) is 5.75 Å². The van der Waals surface area contributed by atoms with E-state index in [4.69, 9.17) is 4.74 Å². The van der Waals surface area contributed by atoms with Crippen LogP contribution >= 0.6 is 0 Å². The molecule has 1 saturated heterocycles. The number of carbonyl (C=O) groups excluding carboxylic acids is 1. The first kappa shape index (κ1) is 11.9. The van der Waals surface area contributed by atoms with Crippen molar-refractivity contribution in [2.75, 3.05) is 7.11 Å². The Kier molecular flexibility index (Phi) is 3.05. The average Bonchev–Trinajstić information content (AvgIpc) is 3.28. The number of methoxy groups -OCH3 is 1. The van der Waals surface area contributed by atoms with Gasteiger partial charge in [-0.05, 0) is 17.7 Å². The number of carbonyl (C=O) groups is 1. The van der Waals surface area contributed by atoms with E-state index in [0.717, 1.165) is 5.56 Å². The lowest BCUT2D eigenvalue weighted by molar-refractivity contribution is 0.0987. The summed E-state index contributed by atoms with van der Waals surface area (Å²) in [4.78, 5) is 12.3. The second kappa shape index (κ2) is 4.86. The molecule has 3 rings (SSSR count). The topological polar surface area (TPSA) is 48.2 Å². The summed E-state index contributed by atoms with van der Waals surface area (Å²) < 4.78 is 5.14. The lowest BCUT2D eigenvalue weighted by Crippen LogP contribution is -2.10. The van der Waals surface area contributed by atoms with Crippen molar-refractivity contribution in [3.63, 3.8) is 0 Å². The number of nitrogens with one attached hydrogen (secondary N) is 1. The Hall–Kier alpha value is -2.13. The minimum absolute atomic E-state index is 0.116. The molecule has 2 aromatic rings. The van der Waals surface area contributed by atoms with Crippen molar-refractivity contribution >= 4 is 5.78 Å². The Morgan fingerprint density at radius 1 is 1.11 bits per heavy atom. The van der Waals surface area contributed by atoms with E-state index in [0.29, 0.717) is 11.3 Å². The molecular weight excluding hydrogens is 238 g/mol. The Morgan fingerprint density at radius 2 is 1.89 bits per heavy atom. The van der Waals surface area contributed by atoms with Crippen LogP contribution in [-0.2, 0) is 0 Å². The first-order chi connectivity index (χ1) is 9.29. The molecule has 1 N–H and O–H groups in total. The number of hydrogen-bond acceptors (Lipinski definition) is 3. The molecule has 0 saturated carbocycles. The number of Topliss-reactive ketones (excluding diaryl/α,β-unsaturated/α-hetero) is 1. The highest BCUT2D eigenvalue weighted by Gasteiger charge is 2.43. The summed E-state index contributed by atoms with van der Waals surface area (Å²) in [5, 5.41) is 3.23. The minimum atomic E-state index is -0.116. The molecule has 2 aromatic carbocycles. The van der Waals surface area contributed by atoms with Gasteiger partial charge in [-0.3, -0.25) is 10.1 Å². The summed E-state index contributed by atoms with van der Waals surface area (Å²) in [7, 11) is 1.60. The van der Waals surface area contributed by atoms with Crippen LogP contribution < -0.4 is 10.1 Å². The largest absolute Gasteiger partial charge is 0.497 e. The zero-order valence-electron chi connectivity index (χ0n) is 10.7. The third-order valence-electron chi connectivity index (χ3n) is 3.38. The highest BCUT2D eigenvalue weighted by molar-refractivity contribution is 6.03. The van der Waals surface area contributed by atoms with E-state index in [1.165, 1.54) is 0 Å². The van der Waals surface area contributed by atoms with Gasteiger partial charge in [0.1, 0.15) is 5.75 Å². The Labute approximate surface area is 112 Å². The van der Waals surface area contributed by atoms with Gasteiger partial charge in [-0.25, -0.2) is 0 Å². The summed E-state index contributed by atoms with van der Waals surface area (Å²) in [6.07, 6.45) is 0. The normalized spacial score (nSPS) is 20.9. The lowest BCUT2D eigenvalue weighted by Gasteiger charge is -2.02. The fourth-order valence-electron chi connectivity index (χ4n) is 2.27. The van der Waals surface area contributed by atoms with E-state index >= 15 is 0 Å². The van der Waals surface area contributed by atoms with E-state index < -0.39 is 0 Å². The molecule has 19 heavy (non-hydrogen) atoms. The second-order valence-electron chi connectivity index (χ2n) is 4.63. The van der Waals surface area contributed by atoms with Gasteiger partial charge in [-0.1, -0.05) is 42.5 Å². The van der Waals surface area contributed by atoms with Crippen molar-refractivity contribution < 1.29 is 9.53 Å². The van der Waals surface area contributed by atoms with Crippen LogP contribution in [0.25, 0.3) is 0 Å². The molecule has 2 atom stereocenters. The van der Waals surface area contributed by atoms with Gasteiger partial charge in [0.15, 0.2) is 5.78 Å². The van der Waals surface area contributed by atoms with Crippen LogP contribution in [0.15, 0.2) is 54.6 Å². The highest BCUT2D eigenvalue weighted by Crippen LogP contribution is 2.32. The van der Waals surface area contributed by atoms with Crippen LogP contribution in [0, 0.1) is 0 Å². The number of ether oxygens (including phenoxy) is 1. The molecule has 1 heterocycles. The molecule has 0 bridgehead atoms. The van der Waals surface area contributed by atoms with E-state index in [-0.39, 0.29) is 17.9 Å². The van der Waals surface area contributed by atoms with Gasteiger partial charge in [0.2, 0.25) is 0 Å². The van der Waals surface area contributed by atoms with Gasteiger partial charge in [0, 0.05) is 5.56 Å². The molecule has 1 aliphatic rings. The number of ketones is 1. The van der Waals surface area contributed by atoms with Crippen molar-refractivity contribution in [1.82, 2.24) is 5.32 Å². The zero-order chi connectivity index (χ0) is 13.2. The number of benzene rings is 2. The Balaban J connectivity index is 1.76. The standard InChI is InChI=1S/C16H15NO2/c1-19-13-9-5-8-12(10-13)16(18)15-14(17-15)11-6-3-2-4-7-11/h2-10,14-15,17H,1H3/t14-,15+/m1/s1. The van der Waals surface area contributed by atoms with E-state index in [1.54, 1.807) is 13.2 Å². The molecule has 0 radical (unpaired) electrons. The highest BCUT2D eigenvalue weighted by atomic mass is 16.5. The van der Waals surface area contributed by atoms with Crippen LogP contribution in [0.3, 0.4) is 0 Å².